The van der Waals surface area contributed by atoms with Gasteiger partial charge in [0.25, 0.3) is 0 Å². The average Bonchev–Trinajstić information content (AvgIpc) is 2.56. The van der Waals surface area contributed by atoms with Crippen LogP contribution in [0.5, 0.6) is 0 Å². The summed E-state index contributed by atoms with van der Waals surface area (Å²) in [6.07, 6.45) is -1.03. The fourth-order valence-electron chi connectivity index (χ4n) is 2.91. The zero-order chi connectivity index (χ0) is 16.1. The molecule has 1 fully saturated rings. The number of amides is 1. The Kier molecular flexibility index (Phi) is 4.78. The van der Waals surface area contributed by atoms with Crippen LogP contribution in [0.2, 0.25) is 0 Å². The first-order valence-electron chi connectivity index (χ1n) is 7.82. The number of piperazine rings is 1. The van der Waals surface area contributed by atoms with Crippen molar-refractivity contribution in [1.82, 2.24) is 4.90 Å². The number of rotatable bonds is 4. The number of anilines is 2. The second-order valence-corrected chi connectivity index (χ2v) is 5.73. The molecule has 2 N–H and O–H groups in total. The first-order chi connectivity index (χ1) is 11.2. The van der Waals surface area contributed by atoms with E-state index in [0.29, 0.717) is 5.69 Å². The van der Waals surface area contributed by atoms with Crippen molar-refractivity contribution in [2.75, 3.05) is 36.4 Å². The van der Waals surface area contributed by atoms with E-state index in [4.69, 9.17) is 5.11 Å². The Hall–Kier alpha value is -2.53. The Morgan fingerprint density at radius 3 is 2.43 bits per heavy atom. The van der Waals surface area contributed by atoms with E-state index in [-0.39, 0.29) is 0 Å². The molecule has 1 aliphatic rings. The summed E-state index contributed by atoms with van der Waals surface area (Å²) in [6.45, 7) is 4.89. The van der Waals surface area contributed by atoms with Crippen molar-refractivity contribution in [3.63, 3.8) is 0 Å². The summed E-state index contributed by atoms with van der Waals surface area (Å²) in [5, 5.41) is 11.2. The Balaban J connectivity index is 1.57. The quantitative estimate of drug-likeness (QED) is 0.911. The standard InChI is InChI=1S/C18H21N3O2/c22-18(23)19-16-7-4-8-17(13-16)21-11-9-20(10-12-21)14-15-5-2-1-3-6-15/h1-8,13,19H,9-12,14H2,(H,22,23). The Bertz CT molecular complexity index is 652. The van der Waals surface area contributed by atoms with Gasteiger partial charge in [-0.15, -0.1) is 0 Å². The molecule has 0 saturated carbocycles. The van der Waals surface area contributed by atoms with Crippen molar-refractivity contribution < 1.29 is 9.90 Å². The van der Waals surface area contributed by atoms with Gasteiger partial charge in [-0.05, 0) is 23.8 Å². The predicted molar refractivity (Wildman–Crippen MR) is 92.0 cm³/mol. The SMILES string of the molecule is O=C(O)Nc1cccc(N2CCN(Cc3ccccc3)CC2)c1. The molecular weight excluding hydrogens is 290 g/mol. The summed E-state index contributed by atoms with van der Waals surface area (Å²) >= 11 is 0. The first-order valence-corrected chi connectivity index (χ1v) is 7.82. The van der Waals surface area contributed by atoms with Crippen LogP contribution < -0.4 is 10.2 Å². The number of hydrogen-bond donors (Lipinski definition) is 2. The minimum absolute atomic E-state index is 0.613. The number of hydrogen-bond acceptors (Lipinski definition) is 3. The van der Waals surface area contributed by atoms with E-state index in [1.165, 1.54) is 5.56 Å². The maximum atomic E-state index is 10.7. The second-order valence-electron chi connectivity index (χ2n) is 5.73. The van der Waals surface area contributed by atoms with E-state index < -0.39 is 6.09 Å². The van der Waals surface area contributed by atoms with Gasteiger partial charge in [0.2, 0.25) is 0 Å². The van der Waals surface area contributed by atoms with E-state index in [9.17, 15) is 4.79 Å². The summed E-state index contributed by atoms with van der Waals surface area (Å²) in [7, 11) is 0. The number of carbonyl (C=O) groups is 1. The van der Waals surface area contributed by atoms with Gasteiger partial charge < -0.3 is 10.0 Å². The van der Waals surface area contributed by atoms with Crippen molar-refractivity contribution in [2.24, 2.45) is 0 Å². The monoisotopic (exact) mass is 311 g/mol. The lowest BCUT2D eigenvalue weighted by Gasteiger charge is -2.36. The Labute approximate surface area is 136 Å². The van der Waals surface area contributed by atoms with Crippen LogP contribution in [0.15, 0.2) is 54.6 Å². The van der Waals surface area contributed by atoms with Gasteiger partial charge in [0.05, 0.1) is 0 Å². The molecule has 5 heteroatoms. The molecule has 0 unspecified atom stereocenters. The molecule has 1 aliphatic heterocycles. The molecule has 5 nitrogen and oxygen atoms in total. The fraction of sp³-hybridized carbons (Fsp3) is 0.278. The third-order valence-electron chi connectivity index (χ3n) is 4.08. The van der Waals surface area contributed by atoms with E-state index in [0.717, 1.165) is 38.4 Å². The molecule has 0 aliphatic carbocycles. The van der Waals surface area contributed by atoms with Gasteiger partial charge >= 0.3 is 6.09 Å². The average molecular weight is 311 g/mol. The number of nitrogens with one attached hydrogen (secondary N) is 1. The van der Waals surface area contributed by atoms with E-state index >= 15 is 0 Å². The van der Waals surface area contributed by atoms with Gasteiger partial charge in [-0.1, -0.05) is 36.4 Å². The van der Waals surface area contributed by atoms with Gasteiger partial charge in [0.15, 0.2) is 0 Å². The van der Waals surface area contributed by atoms with Crippen molar-refractivity contribution in [1.29, 1.82) is 0 Å². The van der Waals surface area contributed by atoms with Crippen LogP contribution >= 0.6 is 0 Å². The Morgan fingerprint density at radius 1 is 1.00 bits per heavy atom. The molecule has 0 radical (unpaired) electrons. The smallest absolute Gasteiger partial charge is 0.409 e. The predicted octanol–water partition coefficient (Wildman–Crippen LogP) is 3.10. The zero-order valence-electron chi connectivity index (χ0n) is 13.0. The Morgan fingerprint density at radius 2 is 1.74 bits per heavy atom. The molecule has 1 amide bonds. The van der Waals surface area contributed by atoms with Crippen LogP contribution in [0.3, 0.4) is 0 Å². The molecule has 0 spiro atoms. The van der Waals surface area contributed by atoms with Crippen molar-refractivity contribution in [3.8, 4) is 0 Å². The van der Waals surface area contributed by atoms with Crippen LogP contribution in [0.4, 0.5) is 16.2 Å². The molecule has 1 saturated heterocycles. The molecule has 0 aromatic heterocycles. The second kappa shape index (κ2) is 7.15. The molecule has 120 valence electrons. The van der Waals surface area contributed by atoms with Crippen molar-refractivity contribution >= 4 is 17.5 Å². The summed E-state index contributed by atoms with van der Waals surface area (Å²) in [6, 6.07) is 18.1. The maximum absolute atomic E-state index is 10.7. The van der Waals surface area contributed by atoms with E-state index in [1.54, 1.807) is 6.07 Å². The van der Waals surface area contributed by atoms with Crippen LogP contribution in [0.25, 0.3) is 0 Å². The zero-order valence-corrected chi connectivity index (χ0v) is 13.0. The van der Waals surface area contributed by atoms with Gasteiger partial charge in [-0.25, -0.2) is 4.79 Å². The fourth-order valence-corrected chi connectivity index (χ4v) is 2.91. The molecule has 3 rings (SSSR count). The van der Waals surface area contributed by atoms with Crippen LogP contribution in [0, 0.1) is 0 Å². The summed E-state index contributed by atoms with van der Waals surface area (Å²) < 4.78 is 0. The highest BCUT2D eigenvalue weighted by molar-refractivity contribution is 5.83. The third-order valence-corrected chi connectivity index (χ3v) is 4.08. The molecule has 0 bridgehead atoms. The van der Waals surface area contributed by atoms with Crippen LogP contribution in [-0.2, 0) is 6.54 Å². The number of nitrogens with zero attached hydrogens (tertiary/aromatic N) is 2. The van der Waals surface area contributed by atoms with Gasteiger partial charge in [-0.3, -0.25) is 10.2 Å². The van der Waals surface area contributed by atoms with Gasteiger partial charge in [0, 0.05) is 44.1 Å². The normalized spacial score (nSPS) is 15.4. The lowest BCUT2D eigenvalue weighted by molar-refractivity contribution is 0.210. The minimum atomic E-state index is -1.03. The number of benzene rings is 2. The minimum Gasteiger partial charge on any atom is -0.465 e. The lowest BCUT2D eigenvalue weighted by atomic mass is 10.2. The lowest BCUT2D eigenvalue weighted by Crippen LogP contribution is -2.45. The van der Waals surface area contributed by atoms with Gasteiger partial charge in [0.1, 0.15) is 0 Å². The highest BCUT2D eigenvalue weighted by Gasteiger charge is 2.17. The third kappa shape index (κ3) is 4.23. The highest BCUT2D eigenvalue weighted by atomic mass is 16.4. The number of carboxylic acid groups (broad SMARTS) is 1. The summed E-state index contributed by atoms with van der Waals surface area (Å²) in [5.74, 6) is 0. The molecule has 2 aromatic rings. The molecule has 1 heterocycles. The first kappa shape index (κ1) is 15.4. The van der Waals surface area contributed by atoms with E-state index in [2.05, 4.69) is 39.4 Å². The van der Waals surface area contributed by atoms with Crippen LogP contribution in [0.1, 0.15) is 5.56 Å². The molecule has 2 aromatic carbocycles. The van der Waals surface area contributed by atoms with E-state index in [1.807, 2.05) is 24.3 Å². The highest BCUT2D eigenvalue weighted by Crippen LogP contribution is 2.21. The molecule has 23 heavy (non-hydrogen) atoms. The summed E-state index contributed by atoms with van der Waals surface area (Å²) in [5.41, 5.74) is 3.02. The largest absolute Gasteiger partial charge is 0.465 e. The topological polar surface area (TPSA) is 55.8 Å². The molecular formula is C18H21N3O2. The molecule has 0 atom stereocenters. The van der Waals surface area contributed by atoms with Gasteiger partial charge in [-0.2, -0.15) is 0 Å². The maximum Gasteiger partial charge on any atom is 0.409 e. The van der Waals surface area contributed by atoms with Crippen molar-refractivity contribution in [2.45, 2.75) is 6.54 Å². The summed E-state index contributed by atoms with van der Waals surface area (Å²) in [4.78, 5) is 15.5. The van der Waals surface area contributed by atoms with Crippen molar-refractivity contribution in [3.05, 3.63) is 60.2 Å². The van der Waals surface area contributed by atoms with Crippen LogP contribution in [-0.4, -0.2) is 42.3 Å².